The van der Waals surface area contributed by atoms with E-state index in [1.807, 2.05) is 44.2 Å². The van der Waals surface area contributed by atoms with Gasteiger partial charge in [-0.05, 0) is 25.0 Å². The summed E-state index contributed by atoms with van der Waals surface area (Å²) in [4.78, 5) is 33.3. The van der Waals surface area contributed by atoms with Gasteiger partial charge in [-0.25, -0.2) is 9.78 Å². The van der Waals surface area contributed by atoms with Gasteiger partial charge in [0.25, 0.3) is 5.91 Å². The summed E-state index contributed by atoms with van der Waals surface area (Å²) >= 11 is 1.18. The number of ether oxygens (including phenoxy) is 1. The lowest BCUT2D eigenvalue weighted by atomic mass is 10.0. The van der Waals surface area contributed by atoms with Gasteiger partial charge in [-0.15, -0.1) is 11.3 Å². The summed E-state index contributed by atoms with van der Waals surface area (Å²) in [6, 6.07) is 9.33. The fourth-order valence-corrected chi connectivity index (χ4v) is 3.15. The summed E-state index contributed by atoms with van der Waals surface area (Å²) in [6.07, 6.45) is 0. The molecule has 1 aromatic carbocycles. The van der Waals surface area contributed by atoms with Crippen molar-refractivity contribution < 1.29 is 14.3 Å². The number of carbonyl (C=O) groups excluding carboxylic acids is 2. The van der Waals surface area contributed by atoms with Crippen LogP contribution in [-0.2, 0) is 4.74 Å². The maximum Gasteiger partial charge on any atom is 0.357 e. The van der Waals surface area contributed by atoms with E-state index in [1.54, 1.807) is 12.3 Å². The molecule has 3 rings (SSSR count). The summed E-state index contributed by atoms with van der Waals surface area (Å²) in [6.45, 7) is 6.07. The maximum absolute atomic E-state index is 12.8. The highest BCUT2D eigenvalue weighted by Gasteiger charge is 2.17. The Morgan fingerprint density at radius 3 is 2.73 bits per heavy atom. The minimum Gasteiger partial charge on any atom is -0.461 e. The van der Waals surface area contributed by atoms with Crippen molar-refractivity contribution in [1.29, 1.82) is 0 Å². The highest BCUT2D eigenvalue weighted by atomic mass is 32.1. The number of aromatic nitrogens is 2. The van der Waals surface area contributed by atoms with E-state index >= 15 is 0 Å². The number of amides is 1. The van der Waals surface area contributed by atoms with Crippen LogP contribution in [0.25, 0.3) is 10.9 Å². The van der Waals surface area contributed by atoms with Crippen molar-refractivity contribution in [3.05, 3.63) is 52.7 Å². The molecule has 2 heterocycles. The Balaban J connectivity index is 1.91. The topological polar surface area (TPSA) is 81.2 Å². The molecule has 0 aliphatic carbocycles. The van der Waals surface area contributed by atoms with E-state index in [-0.39, 0.29) is 24.1 Å². The van der Waals surface area contributed by atoms with E-state index in [2.05, 4.69) is 15.3 Å². The third-order valence-corrected chi connectivity index (χ3v) is 4.54. The van der Waals surface area contributed by atoms with Crippen LogP contribution in [0, 0.1) is 0 Å². The van der Waals surface area contributed by atoms with Gasteiger partial charge in [0.15, 0.2) is 10.8 Å². The smallest absolute Gasteiger partial charge is 0.357 e. The van der Waals surface area contributed by atoms with Gasteiger partial charge in [0.1, 0.15) is 0 Å². The molecular formula is C19H19N3O3S. The molecule has 6 nitrogen and oxygen atoms in total. The van der Waals surface area contributed by atoms with Crippen molar-refractivity contribution in [1.82, 2.24) is 9.97 Å². The van der Waals surface area contributed by atoms with Gasteiger partial charge >= 0.3 is 5.97 Å². The van der Waals surface area contributed by atoms with Crippen molar-refractivity contribution in [2.24, 2.45) is 0 Å². The monoisotopic (exact) mass is 369 g/mol. The molecule has 0 aliphatic heterocycles. The quantitative estimate of drug-likeness (QED) is 0.680. The van der Waals surface area contributed by atoms with Gasteiger partial charge in [0, 0.05) is 16.5 Å². The number of rotatable bonds is 5. The van der Waals surface area contributed by atoms with Crippen LogP contribution >= 0.6 is 11.3 Å². The number of hydrogen-bond donors (Lipinski definition) is 1. The molecule has 1 N–H and O–H groups in total. The van der Waals surface area contributed by atoms with Crippen LogP contribution in [0.1, 0.15) is 53.2 Å². The fraction of sp³-hybridized carbons (Fsp3) is 0.263. The third kappa shape index (κ3) is 3.72. The normalized spacial score (nSPS) is 10.9. The minimum atomic E-state index is -0.499. The Labute approximate surface area is 155 Å². The zero-order valence-corrected chi connectivity index (χ0v) is 15.6. The van der Waals surface area contributed by atoms with E-state index in [9.17, 15) is 9.59 Å². The summed E-state index contributed by atoms with van der Waals surface area (Å²) in [5.74, 6) is -0.586. The number of nitrogens with one attached hydrogen (secondary N) is 1. The minimum absolute atomic E-state index is 0.189. The zero-order chi connectivity index (χ0) is 18.7. The predicted molar refractivity (Wildman–Crippen MR) is 102 cm³/mol. The van der Waals surface area contributed by atoms with Crippen molar-refractivity contribution in [2.45, 2.75) is 26.7 Å². The number of pyridine rings is 1. The van der Waals surface area contributed by atoms with Crippen LogP contribution in [0.3, 0.4) is 0 Å². The number of hydrogen-bond acceptors (Lipinski definition) is 6. The first-order chi connectivity index (χ1) is 12.5. The summed E-state index contributed by atoms with van der Waals surface area (Å²) < 4.78 is 4.91. The van der Waals surface area contributed by atoms with Crippen LogP contribution < -0.4 is 5.32 Å². The highest BCUT2D eigenvalue weighted by molar-refractivity contribution is 7.14. The second-order valence-electron chi connectivity index (χ2n) is 5.98. The Bertz CT molecular complexity index is 966. The van der Waals surface area contributed by atoms with E-state index in [1.165, 1.54) is 11.3 Å². The lowest BCUT2D eigenvalue weighted by Gasteiger charge is -2.11. The van der Waals surface area contributed by atoms with Crippen LogP contribution in [-0.4, -0.2) is 28.5 Å². The number of esters is 1. The molecular weight excluding hydrogens is 350 g/mol. The largest absolute Gasteiger partial charge is 0.461 e. The Kier molecular flexibility index (Phi) is 5.27. The van der Waals surface area contributed by atoms with Gasteiger partial charge in [0.2, 0.25) is 0 Å². The first-order valence-electron chi connectivity index (χ1n) is 8.33. The van der Waals surface area contributed by atoms with E-state index < -0.39 is 5.97 Å². The fourth-order valence-electron chi connectivity index (χ4n) is 2.47. The van der Waals surface area contributed by atoms with Crippen LogP contribution in [0.15, 0.2) is 35.7 Å². The standard InChI is InChI=1S/C19H19N3O3S/c1-4-25-18(24)16-10-26-19(21-16)22-17(23)13-9-15(11(2)3)20-14-8-6-5-7-12(13)14/h5-11H,4H2,1-3H3,(H,21,22,23). The molecule has 0 atom stereocenters. The number of anilines is 1. The predicted octanol–water partition coefficient (Wildman–Crippen LogP) is 4.24. The lowest BCUT2D eigenvalue weighted by Crippen LogP contribution is -2.14. The molecule has 26 heavy (non-hydrogen) atoms. The van der Waals surface area contributed by atoms with Gasteiger partial charge < -0.3 is 4.74 Å². The second kappa shape index (κ2) is 7.61. The highest BCUT2D eigenvalue weighted by Crippen LogP contribution is 2.24. The zero-order valence-electron chi connectivity index (χ0n) is 14.8. The Hall–Kier alpha value is -2.80. The number of carbonyl (C=O) groups is 2. The Morgan fingerprint density at radius 1 is 1.23 bits per heavy atom. The summed E-state index contributed by atoms with van der Waals surface area (Å²) in [5, 5.41) is 5.46. The molecule has 7 heteroatoms. The number of nitrogens with zero attached hydrogens (tertiary/aromatic N) is 2. The molecule has 0 aliphatic rings. The molecule has 0 bridgehead atoms. The number of benzene rings is 1. The number of fused-ring (bicyclic) bond motifs is 1. The summed E-state index contributed by atoms with van der Waals surface area (Å²) in [5.41, 5.74) is 2.34. The van der Waals surface area contributed by atoms with Gasteiger partial charge in [-0.3, -0.25) is 15.1 Å². The molecule has 2 aromatic heterocycles. The lowest BCUT2D eigenvalue weighted by molar-refractivity contribution is 0.0520. The first kappa shape index (κ1) is 18.0. The van der Waals surface area contributed by atoms with E-state index in [0.717, 1.165) is 16.6 Å². The third-order valence-electron chi connectivity index (χ3n) is 3.78. The van der Waals surface area contributed by atoms with Gasteiger partial charge in [-0.1, -0.05) is 32.0 Å². The van der Waals surface area contributed by atoms with Crippen LogP contribution in [0.5, 0.6) is 0 Å². The molecule has 0 radical (unpaired) electrons. The molecule has 1 amide bonds. The van der Waals surface area contributed by atoms with Crippen molar-refractivity contribution in [3.63, 3.8) is 0 Å². The summed E-state index contributed by atoms with van der Waals surface area (Å²) in [7, 11) is 0. The molecule has 0 unspecified atom stereocenters. The molecule has 0 saturated heterocycles. The van der Waals surface area contributed by atoms with Crippen LogP contribution in [0.4, 0.5) is 5.13 Å². The van der Waals surface area contributed by atoms with Gasteiger partial charge in [0.05, 0.1) is 17.7 Å². The van der Waals surface area contributed by atoms with Gasteiger partial charge in [-0.2, -0.15) is 0 Å². The molecule has 134 valence electrons. The molecule has 3 aromatic rings. The first-order valence-corrected chi connectivity index (χ1v) is 9.21. The number of thiazole rings is 1. The van der Waals surface area contributed by atoms with E-state index in [0.29, 0.717) is 10.7 Å². The van der Waals surface area contributed by atoms with Crippen molar-refractivity contribution in [2.75, 3.05) is 11.9 Å². The molecule has 0 fully saturated rings. The molecule has 0 spiro atoms. The van der Waals surface area contributed by atoms with Crippen molar-refractivity contribution in [3.8, 4) is 0 Å². The molecule has 0 saturated carbocycles. The second-order valence-corrected chi connectivity index (χ2v) is 6.84. The maximum atomic E-state index is 12.8. The SMILES string of the molecule is CCOC(=O)c1csc(NC(=O)c2cc(C(C)C)nc3ccccc23)n1. The van der Waals surface area contributed by atoms with Crippen molar-refractivity contribution >= 4 is 39.2 Å². The number of para-hydroxylation sites is 1. The van der Waals surface area contributed by atoms with E-state index in [4.69, 9.17) is 4.74 Å². The van der Waals surface area contributed by atoms with Crippen LogP contribution in [0.2, 0.25) is 0 Å². The average Bonchev–Trinajstić information content (AvgIpc) is 3.09. The average molecular weight is 369 g/mol. The Morgan fingerprint density at radius 2 is 2.00 bits per heavy atom.